The number of halogens is 1. The van der Waals surface area contributed by atoms with Gasteiger partial charge in [0.2, 0.25) is 0 Å². The Bertz CT molecular complexity index is 1430. The lowest BCUT2D eigenvalue weighted by Crippen LogP contribution is -2.36. The second kappa shape index (κ2) is 8.24. The maximum atomic E-state index is 14.1. The summed E-state index contributed by atoms with van der Waals surface area (Å²) in [6.45, 7) is 1.91. The number of hydrogen-bond donors (Lipinski definition) is 1. The van der Waals surface area contributed by atoms with E-state index < -0.39 is 0 Å². The number of hydrogen-bond acceptors (Lipinski definition) is 5. The van der Waals surface area contributed by atoms with Gasteiger partial charge in [-0.05, 0) is 37.8 Å². The topological polar surface area (TPSA) is 87.0 Å². The average molecular weight is 449 g/mol. The van der Waals surface area contributed by atoms with Crippen LogP contribution in [0.3, 0.4) is 0 Å². The quantitative estimate of drug-likeness (QED) is 0.513. The van der Waals surface area contributed by atoms with Crippen LogP contribution in [0, 0.1) is 5.82 Å². The summed E-state index contributed by atoms with van der Waals surface area (Å²) in [4.78, 5) is 25.4. The molecule has 170 valence electrons. The monoisotopic (exact) mass is 449 g/mol. The Balaban J connectivity index is 1.50. The lowest BCUT2D eigenvalue weighted by molar-refractivity contribution is -0.0935. The van der Waals surface area contributed by atoms with Crippen molar-refractivity contribution in [3.8, 4) is 11.1 Å². The van der Waals surface area contributed by atoms with Gasteiger partial charge in [0, 0.05) is 35.4 Å². The third kappa shape index (κ3) is 3.57. The van der Waals surface area contributed by atoms with E-state index in [1.165, 1.54) is 6.20 Å². The summed E-state index contributed by atoms with van der Waals surface area (Å²) in [7, 11) is 0. The molecule has 1 saturated heterocycles. The molecule has 0 unspecified atom stereocenters. The number of nitrogens with one attached hydrogen (secondary N) is 1. The summed E-state index contributed by atoms with van der Waals surface area (Å²) in [5.74, 6) is -0.352. The van der Waals surface area contributed by atoms with E-state index in [2.05, 4.69) is 16.0 Å². The minimum Gasteiger partial charge on any atom is -0.376 e. The molecular formula is C24H24FN5O3. The van der Waals surface area contributed by atoms with Gasteiger partial charge in [0.15, 0.2) is 5.65 Å². The third-order valence-corrected chi connectivity index (χ3v) is 6.41. The molecule has 1 aliphatic heterocycles. The highest BCUT2D eigenvalue weighted by Crippen LogP contribution is 2.28. The highest BCUT2D eigenvalue weighted by Gasteiger charge is 2.23. The van der Waals surface area contributed by atoms with Crippen molar-refractivity contribution in [1.29, 1.82) is 0 Å². The van der Waals surface area contributed by atoms with E-state index in [1.54, 1.807) is 27.6 Å². The predicted octanol–water partition coefficient (Wildman–Crippen LogP) is 3.71. The van der Waals surface area contributed by atoms with Crippen LogP contribution in [0.15, 0.2) is 41.6 Å². The van der Waals surface area contributed by atoms with Crippen molar-refractivity contribution >= 4 is 27.9 Å². The van der Waals surface area contributed by atoms with E-state index >= 15 is 0 Å². The van der Waals surface area contributed by atoms with Gasteiger partial charge in [-0.3, -0.25) is 4.57 Å². The van der Waals surface area contributed by atoms with Crippen molar-refractivity contribution < 1.29 is 13.9 Å². The molecule has 0 aromatic carbocycles. The SMILES string of the molecule is O=c1n(C[C@H]2COCCO2)c2cc(-c3cnc4[nH]cc(F)c4c3)cnc2n1C1=CCCCC1. The van der Waals surface area contributed by atoms with Gasteiger partial charge in [-0.1, -0.05) is 6.08 Å². The van der Waals surface area contributed by atoms with Gasteiger partial charge in [-0.15, -0.1) is 0 Å². The van der Waals surface area contributed by atoms with Crippen LogP contribution in [-0.2, 0) is 16.0 Å². The summed E-state index contributed by atoms with van der Waals surface area (Å²) in [6.07, 6.45) is 10.6. The largest absolute Gasteiger partial charge is 0.376 e. The highest BCUT2D eigenvalue weighted by molar-refractivity contribution is 5.85. The molecule has 1 fully saturated rings. The number of aromatic amines is 1. The zero-order chi connectivity index (χ0) is 22.4. The lowest BCUT2D eigenvalue weighted by Gasteiger charge is -2.23. The molecule has 0 spiro atoms. The van der Waals surface area contributed by atoms with Gasteiger partial charge in [0.25, 0.3) is 0 Å². The minimum absolute atomic E-state index is 0.123. The second-order valence-electron chi connectivity index (χ2n) is 8.56. The van der Waals surface area contributed by atoms with Crippen LogP contribution in [0.1, 0.15) is 25.7 Å². The van der Waals surface area contributed by atoms with Gasteiger partial charge in [-0.2, -0.15) is 0 Å². The van der Waals surface area contributed by atoms with Crippen molar-refractivity contribution in [2.45, 2.75) is 38.3 Å². The molecule has 0 bridgehead atoms. The highest BCUT2D eigenvalue weighted by atomic mass is 19.1. The number of aromatic nitrogens is 5. The number of fused-ring (bicyclic) bond motifs is 2. The molecule has 4 aromatic rings. The number of rotatable bonds is 4. The van der Waals surface area contributed by atoms with Crippen molar-refractivity contribution in [2.24, 2.45) is 0 Å². The Morgan fingerprint density at radius 3 is 2.85 bits per heavy atom. The Kier molecular flexibility index (Phi) is 5.07. The van der Waals surface area contributed by atoms with E-state index in [4.69, 9.17) is 14.5 Å². The molecule has 0 amide bonds. The molecule has 1 N–H and O–H groups in total. The summed E-state index contributed by atoms with van der Waals surface area (Å²) < 4.78 is 28.9. The maximum Gasteiger partial charge on any atom is 0.334 e. The van der Waals surface area contributed by atoms with E-state index in [-0.39, 0.29) is 17.6 Å². The number of ether oxygens (including phenoxy) is 2. The van der Waals surface area contributed by atoms with E-state index in [9.17, 15) is 9.18 Å². The van der Waals surface area contributed by atoms with Gasteiger partial charge < -0.3 is 14.5 Å². The Morgan fingerprint density at radius 1 is 1.15 bits per heavy atom. The summed E-state index contributed by atoms with van der Waals surface area (Å²) in [5, 5.41) is 0.419. The number of pyridine rings is 2. The number of H-pyrrole nitrogens is 1. The van der Waals surface area contributed by atoms with E-state index in [0.717, 1.165) is 42.5 Å². The van der Waals surface area contributed by atoms with Crippen molar-refractivity contribution in [3.05, 3.63) is 53.1 Å². The lowest BCUT2D eigenvalue weighted by atomic mass is 10.0. The van der Waals surface area contributed by atoms with Crippen LogP contribution < -0.4 is 5.69 Å². The Labute approximate surface area is 188 Å². The Morgan fingerprint density at radius 2 is 2.03 bits per heavy atom. The first-order chi connectivity index (χ1) is 16.2. The van der Waals surface area contributed by atoms with Crippen LogP contribution in [0.25, 0.3) is 39.0 Å². The summed E-state index contributed by atoms with van der Waals surface area (Å²) in [5.41, 5.74) is 4.20. The molecule has 1 aliphatic carbocycles. The van der Waals surface area contributed by atoms with Gasteiger partial charge >= 0.3 is 5.69 Å². The van der Waals surface area contributed by atoms with Crippen LogP contribution >= 0.6 is 0 Å². The molecular weight excluding hydrogens is 425 g/mol. The molecule has 9 heteroatoms. The fourth-order valence-electron chi connectivity index (χ4n) is 4.72. The normalized spacial score (nSPS) is 19.3. The summed E-state index contributed by atoms with van der Waals surface area (Å²) >= 11 is 0. The standard InChI is InChI=1S/C24H24FN5O3/c25-20-12-27-22-19(20)8-15(10-26-22)16-9-21-23(28-11-16)30(17-4-2-1-3-5-17)24(31)29(21)13-18-14-32-6-7-33-18/h4,8-12,18H,1-3,5-7,13-14H2,(H,26,27)/t18-/m0/s1. The first-order valence-electron chi connectivity index (χ1n) is 11.3. The molecule has 5 heterocycles. The Hall–Kier alpha value is -3.30. The maximum absolute atomic E-state index is 14.1. The number of nitrogens with zero attached hydrogens (tertiary/aromatic N) is 4. The second-order valence-corrected chi connectivity index (χ2v) is 8.56. The molecule has 1 atom stereocenters. The third-order valence-electron chi connectivity index (χ3n) is 6.41. The van der Waals surface area contributed by atoms with Crippen LogP contribution in [0.5, 0.6) is 0 Å². The predicted molar refractivity (Wildman–Crippen MR) is 122 cm³/mol. The molecule has 0 radical (unpaired) electrons. The van der Waals surface area contributed by atoms with Crippen molar-refractivity contribution in [3.63, 3.8) is 0 Å². The van der Waals surface area contributed by atoms with E-state index in [0.29, 0.717) is 48.6 Å². The molecule has 8 nitrogen and oxygen atoms in total. The van der Waals surface area contributed by atoms with Gasteiger partial charge in [-0.25, -0.2) is 23.7 Å². The molecule has 33 heavy (non-hydrogen) atoms. The molecule has 4 aromatic heterocycles. The van der Waals surface area contributed by atoms with Crippen molar-refractivity contribution in [1.82, 2.24) is 24.1 Å². The van der Waals surface area contributed by atoms with Crippen LogP contribution in [0.2, 0.25) is 0 Å². The minimum atomic E-state index is -0.352. The molecule has 6 rings (SSSR count). The van der Waals surface area contributed by atoms with Crippen LogP contribution in [-0.4, -0.2) is 50.0 Å². The fourth-order valence-corrected chi connectivity index (χ4v) is 4.72. The molecule has 2 aliphatic rings. The van der Waals surface area contributed by atoms with Gasteiger partial charge in [0.05, 0.1) is 43.4 Å². The fraction of sp³-hybridized carbons (Fsp3) is 0.375. The van der Waals surface area contributed by atoms with E-state index in [1.807, 2.05) is 6.07 Å². The van der Waals surface area contributed by atoms with Crippen molar-refractivity contribution in [2.75, 3.05) is 19.8 Å². The average Bonchev–Trinajstić information content (AvgIpc) is 3.36. The van der Waals surface area contributed by atoms with Crippen LogP contribution in [0.4, 0.5) is 4.39 Å². The zero-order valence-corrected chi connectivity index (χ0v) is 18.1. The number of allylic oxidation sites excluding steroid dienone is 2. The molecule has 0 saturated carbocycles. The first-order valence-corrected chi connectivity index (χ1v) is 11.3. The number of imidazole rings is 1. The smallest absolute Gasteiger partial charge is 0.334 e. The van der Waals surface area contributed by atoms with Gasteiger partial charge in [0.1, 0.15) is 11.5 Å². The summed E-state index contributed by atoms with van der Waals surface area (Å²) in [6, 6.07) is 3.68. The zero-order valence-electron chi connectivity index (χ0n) is 18.1. The first kappa shape index (κ1) is 20.3.